The molecular formula is C32H49NO3S. The van der Waals surface area contributed by atoms with E-state index in [1.165, 1.54) is 84.3 Å². The van der Waals surface area contributed by atoms with Gasteiger partial charge in [0, 0.05) is 28.4 Å². The van der Waals surface area contributed by atoms with Gasteiger partial charge < -0.3 is 4.57 Å². The number of hydrogen-bond donors (Lipinski definition) is 1. The zero-order valence-electron chi connectivity index (χ0n) is 23.8. The highest BCUT2D eigenvalue weighted by molar-refractivity contribution is 7.86. The molecule has 1 aromatic heterocycles. The lowest BCUT2D eigenvalue weighted by Gasteiger charge is -2.16. The molecule has 3 unspecified atom stereocenters. The number of rotatable bonds is 16. The SMILES string of the molecule is CCCCC(CC)Cc1ccc2c3ccc(CC(CC)CCCC)cc3n(CCC(C)S(=O)(=O)O)c2c1. The van der Waals surface area contributed by atoms with Crippen molar-refractivity contribution in [3.8, 4) is 0 Å². The van der Waals surface area contributed by atoms with Crippen LogP contribution in [0.3, 0.4) is 0 Å². The Balaban J connectivity index is 2.03. The molecule has 3 rings (SSSR count). The van der Waals surface area contributed by atoms with Gasteiger partial charge in [-0.1, -0.05) is 103 Å². The molecule has 0 saturated heterocycles. The second-order valence-corrected chi connectivity index (χ2v) is 13.0. The third-order valence-electron chi connectivity index (χ3n) is 8.40. The molecule has 4 nitrogen and oxygen atoms in total. The molecule has 0 aliphatic carbocycles. The standard InChI is InChI=1S/C32H49NO3S/c1-6-10-12-25(8-3)20-27-14-16-29-30-17-15-28(21-26(9-4)13-11-7-2)23-32(30)33(31(29)22-27)19-18-24(5)37(34,35)36/h14-17,22-26H,6-13,18-21H2,1-5H3,(H,34,35,36). The molecule has 2 aromatic carbocycles. The molecule has 3 atom stereocenters. The topological polar surface area (TPSA) is 59.3 Å². The van der Waals surface area contributed by atoms with Crippen LogP contribution in [0.15, 0.2) is 36.4 Å². The van der Waals surface area contributed by atoms with E-state index in [1.54, 1.807) is 6.92 Å². The molecule has 0 fully saturated rings. The molecule has 206 valence electrons. The Kier molecular flexibility index (Phi) is 11.1. The Bertz CT molecular complexity index is 1170. The zero-order chi connectivity index (χ0) is 27.0. The maximum absolute atomic E-state index is 11.8. The minimum Gasteiger partial charge on any atom is -0.340 e. The van der Waals surface area contributed by atoms with Crippen LogP contribution in [0.4, 0.5) is 0 Å². The summed E-state index contributed by atoms with van der Waals surface area (Å²) in [6, 6.07) is 13.8. The largest absolute Gasteiger partial charge is 0.340 e. The highest BCUT2D eigenvalue weighted by Crippen LogP contribution is 2.33. The summed E-state index contributed by atoms with van der Waals surface area (Å²) >= 11 is 0. The van der Waals surface area contributed by atoms with Crippen LogP contribution in [0.1, 0.15) is 104 Å². The van der Waals surface area contributed by atoms with Gasteiger partial charge in [-0.05, 0) is 61.3 Å². The number of aromatic nitrogens is 1. The Hall–Kier alpha value is -1.85. The third-order valence-corrected chi connectivity index (χ3v) is 9.65. The van der Waals surface area contributed by atoms with E-state index in [0.717, 1.165) is 12.8 Å². The summed E-state index contributed by atoms with van der Waals surface area (Å²) < 4.78 is 35.4. The van der Waals surface area contributed by atoms with Gasteiger partial charge >= 0.3 is 0 Å². The second-order valence-electron chi connectivity index (χ2n) is 11.2. The molecule has 0 amide bonds. The molecule has 0 aliphatic heterocycles. The van der Waals surface area contributed by atoms with E-state index < -0.39 is 15.4 Å². The minimum atomic E-state index is -4.05. The highest BCUT2D eigenvalue weighted by atomic mass is 32.2. The lowest BCUT2D eigenvalue weighted by Crippen LogP contribution is -2.18. The molecule has 3 aromatic rings. The van der Waals surface area contributed by atoms with Crippen molar-refractivity contribution in [1.29, 1.82) is 0 Å². The molecule has 37 heavy (non-hydrogen) atoms. The first-order valence-electron chi connectivity index (χ1n) is 14.7. The number of aryl methyl sites for hydroxylation is 1. The number of fused-ring (bicyclic) bond motifs is 3. The Labute approximate surface area is 225 Å². The van der Waals surface area contributed by atoms with Crippen LogP contribution in [0.5, 0.6) is 0 Å². The molecule has 5 heteroatoms. The van der Waals surface area contributed by atoms with Crippen molar-refractivity contribution < 1.29 is 13.0 Å². The highest BCUT2D eigenvalue weighted by Gasteiger charge is 2.20. The fourth-order valence-corrected chi connectivity index (χ4v) is 6.10. The van der Waals surface area contributed by atoms with Gasteiger partial charge in [-0.15, -0.1) is 0 Å². The number of hydrogen-bond acceptors (Lipinski definition) is 2. The van der Waals surface area contributed by atoms with E-state index in [-0.39, 0.29) is 0 Å². The summed E-state index contributed by atoms with van der Waals surface area (Å²) in [5, 5.41) is 1.66. The summed E-state index contributed by atoms with van der Waals surface area (Å²) in [6.07, 6.45) is 12.5. The molecule has 1 heterocycles. The Morgan fingerprint density at radius 2 is 1.22 bits per heavy atom. The molecular weight excluding hydrogens is 478 g/mol. The Morgan fingerprint density at radius 3 is 1.59 bits per heavy atom. The second kappa shape index (κ2) is 13.8. The molecule has 0 saturated carbocycles. The minimum absolute atomic E-state index is 0.383. The van der Waals surface area contributed by atoms with E-state index in [4.69, 9.17) is 0 Å². The third kappa shape index (κ3) is 7.83. The maximum Gasteiger partial charge on any atom is 0.267 e. The first-order valence-corrected chi connectivity index (χ1v) is 16.2. The van der Waals surface area contributed by atoms with Crippen LogP contribution in [0, 0.1) is 11.8 Å². The van der Waals surface area contributed by atoms with Crippen molar-refractivity contribution in [2.24, 2.45) is 11.8 Å². The quantitative estimate of drug-likeness (QED) is 0.189. The van der Waals surface area contributed by atoms with Crippen LogP contribution in [-0.4, -0.2) is 22.8 Å². The normalized spacial score (nSPS) is 14.9. The molecule has 0 aliphatic rings. The molecule has 1 N–H and O–H groups in total. The van der Waals surface area contributed by atoms with Crippen LogP contribution in [-0.2, 0) is 29.5 Å². The lowest BCUT2D eigenvalue weighted by atomic mass is 9.91. The van der Waals surface area contributed by atoms with Crippen molar-refractivity contribution in [1.82, 2.24) is 4.57 Å². The summed E-state index contributed by atoms with van der Waals surface area (Å²) in [5.74, 6) is 1.38. The van der Waals surface area contributed by atoms with E-state index in [2.05, 4.69) is 68.7 Å². The summed E-state index contributed by atoms with van der Waals surface area (Å²) in [5.41, 5.74) is 5.06. The number of benzene rings is 2. The van der Waals surface area contributed by atoms with Gasteiger partial charge in [-0.3, -0.25) is 4.55 Å². The van der Waals surface area contributed by atoms with Crippen LogP contribution >= 0.6 is 0 Å². The predicted molar refractivity (Wildman–Crippen MR) is 159 cm³/mol. The average molecular weight is 528 g/mol. The van der Waals surface area contributed by atoms with Crippen LogP contribution in [0.25, 0.3) is 21.8 Å². The average Bonchev–Trinajstić information content (AvgIpc) is 3.18. The molecule has 0 spiro atoms. The maximum atomic E-state index is 11.8. The lowest BCUT2D eigenvalue weighted by molar-refractivity contribution is 0.449. The zero-order valence-corrected chi connectivity index (χ0v) is 24.6. The van der Waals surface area contributed by atoms with Crippen molar-refractivity contribution >= 4 is 31.9 Å². The van der Waals surface area contributed by atoms with E-state index >= 15 is 0 Å². The van der Waals surface area contributed by atoms with Gasteiger partial charge in [-0.25, -0.2) is 0 Å². The van der Waals surface area contributed by atoms with Gasteiger partial charge in [0.05, 0.1) is 5.25 Å². The summed E-state index contributed by atoms with van der Waals surface area (Å²) in [7, 11) is -4.05. The monoisotopic (exact) mass is 527 g/mol. The van der Waals surface area contributed by atoms with Gasteiger partial charge in [0.1, 0.15) is 0 Å². The summed E-state index contributed by atoms with van der Waals surface area (Å²) in [4.78, 5) is 0. The first kappa shape index (κ1) is 29.7. The van der Waals surface area contributed by atoms with Crippen LogP contribution in [0.2, 0.25) is 0 Å². The van der Waals surface area contributed by atoms with E-state index in [1.807, 2.05) is 0 Å². The Morgan fingerprint density at radius 1 is 0.757 bits per heavy atom. The van der Waals surface area contributed by atoms with Crippen molar-refractivity contribution in [2.45, 2.75) is 117 Å². The van der Waals surface area contributed by atoms with Gasteiger partial charge in [0.2, 0.25) is 0 Å². The summed E-state index contributed by atoms with van der Waals surface area (Å²) in [6.45, 7) is 11.3. The van der Waals surface area contributed by atoms with Crippen molar-refractivity contribution in [3.05, 3.63) is 47.5 Å². The van der Waals surface area contributed by atoms with Crippen molar-refractivity contribution in [2.75, 3.05) is 0 Å². The fourth-order valence-electron chi connectivity index (χ4n) is 5.69. The van der Waals surface area contributed by atoms with Gasteiger partial charge in [0.25, 0.3) is 10.1 Å². The number of nitrogens with zero attached hydrogens (tertiary/aromatic N) is 1. The van der Waals surface area contributed by atoms with Gasteiger partial charge in [-0.2, -0.15) is 8.42 Å². The first-order chi connectivity index (χ1) is 17.7. The smallest absolute Gasteiger partial charge is 0.267 e. The molecule has 0 bridgehead atoms. The fraction of sp³-hybridized carbons (Fsp3) is 0.625. The predicted octanol–water partition coefficient (Wildman–Crippen LogP) is 8.98. The van der Waals surface area contributed by atoms with Gasteiger partial charge in [0.15, 0.2) is 0 Å². The number of unbranched alkanes of at least 4 members (excludes halogenated alkanes) is 2. The van der Waals surface area contributed by atoms with Crippen molar-refractivity contribution in [3.63, 3.8) is 0 Å². The molecule has 0 radical (unpaired) electrons. The van der Waals surface area contributed by atoms with E-state index in [9.17, 15) is 13.0 Å². The van der Waals surface area contributed by atoms with Crippen LogP contribution < -0.4 is 0 Å². The van der Waals surface area contributed by atoms with E-state index in [0.29, 0.717) is 24.8 Å².